The van der Waals surface area contributed by atoms with E-state index in [9.17, 15) is 20.4 Å². The van der Waals surface area contributed by atoms with Crippen LogP contribution in [0.1, 0.15) is 63.3 Å². The van der Waals surface area contributed by atoms with Crippen LogP contribution in [-0.2, 0) is 12.8 Å². The van der Waals surface area contributed by atoms with E-state index in [0.717, 1.165) is 16.7 Å². The minimum Gasteiger partial charge on any atom is -0.508 e. The molecule has 2 heterocycles. The van der Waals surface area contributed by atoms with Gasteiger partial charge in [0.05, 0.1) is 25.4 Å². The number of methoxy groups -OCH3 is 1. The van der Waals surface area contributed by atoms with Crippen LogP contribution < -0.4 is 14.2 Å². The van der Waals surface area contributed by atoms with E-state index in [-0.39, 0.29) is 11.7 Å². The zero-order chi connectivity index (χ0) is 26.9. The molecule has 5 rings (SSSR count). The first-order valence-electron chi connectivity index (χ1n) is 12.9. The standard InChI is InChI=1S/C30H38O7/c1-28(2)24-13-18-9-16(12-23(35-6)26(18)37-30(24,5)15-21(32)27(28)34)7-8-17-10-20(31)19-14-25(33)29(3,4)36-22(19)11-17/h7-12,21,24-25,27,31-34H,13-15H2,1-6H3/b8-7+/t21-,24-,25+,27-,30-/m1/s1. The number of benzene rings is 2. The Morgan fingerprint density at radius 2 is 1.59 bits per heavy atom. The van der Waals surface area contributed by atoms with Gasteiger partial charge < -0.3 is 34.6 Å². The van der Waals surface area contributed by atoms with Crippen LogP contribution in [0.5, 0.6) is 23.0 Å². The second kappa shape index (κ2) is 8.65. The van der Waals surface area contributed by atoms with Gasteiger partial charge in [-0.05, 0) is 68.1 Å². The zero-order valence-corrected chi connectivity index (χ0v) is 22.4. The summed E-state index contributed by atoms with van der Waals surface area (Å²) in [6, 6.07) is 7.52. The Balaban J connectivity index is 1.48. The van der Waals surface area contributed by atoms with Crippen LogP contribution in [0.2, 0.25) is 0 Å². The van der Waals surface area contributed by atoms with Gasteiger partial charge in [-0.2, -0.15) is 0 Å². The van der Waals surface area contributed by atoms with Crippen LogP contribution in [0.3, 0.4) is 0 Å². The normalized spacial score (nSPS) is 31.5. The van der Waals surface area contributed by atoms with E-state index in [1.54, 1.807) is 13.2 Å². The highest BCUT2D eigenvalue weighted by atomic mass is 16.5. The average molecular weight is 511 g/mol. The Labute approximate surface area is 218 Å². The summed E-state index contributed by atoms with van der Waals surface area (Å²) in [4.78, 5) is 0. The first-order chi connectivity index (χ1) is 17.2. The van der Waals surface area contributed by atoms with Gasteiger partial charge in [-0.25, -0.2) is 0 Å². The van der Waals surface area contributed by atoms with Gasteiger partial charge in [0.1, 0.15) is 22.7 Å². The number of hydrogen-bond acceptors (Lipinski definition) is 7. The highest BCUT2D eigenvalue weighted by Gasteiger charge is 2.58. The van der Waals surface area contributed by atoms with Gasteiger partial charge in [0.25, 0.3) is 0 Å². The fraction of sp³-hybridized carbons (Fsp3) is 0.533. The van der Waals surface area contributed by atoms with Crippen molar-refractivity contribution in [2.45, 2.75) is 83.4 Å². The van der Waals surface area contributed by atoms with Gasteiger partial charge in [-0.1, -0.05) is 26.0 Å². The van der Waals surface area contributed by atoms with Crippen molar-refractivity contribution in [1.82, 2.24) is 0 Å². The van der Waals surface area contributed by atoms with E-state index in [2.05, 4.69) is 6.07 Å². The predicted octanol–water partition coefficient (Wildman–Crippen LogP) is 4.11. The molecule has 0 radical (unpaired) electrons. The van der Waals surface area contributed by atoms with Crippen LogP contribution in [0, 0.1) is 11.3 Å². The predicted molar refractivity (Wildman–Crippen MR) is 141 cm³/mol. The molecule has 4 N–H and O–H groups in total. The summed E-state index contributed by atoms with van der Waals surface area (Å²) in [5, 5.41) is 42.2. The summed E-state index contributed by atoms with van der Waals surface area (Å²) >= 11 is 0. The third-order valence-corrected chi connectivity index (χ3v) is 8.76. The van der Waals surface area contributed by atoms with Crippen molar-refractivity contribution < 1.29 is 34.6 Å². The lowest BCUT2D eigenvalue weighted by Gasteiger charge is -2.56. The Bertz CT molecular complexity index is 1250. The first kappa shape index (κ1) is 25.9. The van der Waals surface area contributed by atoms with Gasteiger partial charge in [0.2, 0.25) is 0 Å². The first-order valence-corrected chi connectivity index (χ1v) is 12.9. The lowest BCUT2D eigenvalue weighted by atomic mass is 9.57. The molecular weight excluding hydrogens is 472 g/mol. The molecule has 0 spiro atoms. The Hall–Kier alpha value is -2.74. The highest BCUT2D eigenvalue weighted by molar-refractivity contribution is 5.74. The van der Waals surface area contributed by atoms with Crippen LogP contribution in [0.4, 0.5) is 0 Å². The van der Waals surface area contributed by atoms with E-state index >= 15 is 0 Å². The molecule has 2 aromatic rings. The Kier molecular flexibility index (Phi) is 6.05. The summed E-state index contributed by atoms with van der Waals surface area (Å²) in [6.45, 7) is 9.65. The van der Waals surface area contributed by atoms with Crippen LogP contribution in [-0.4, -0.2) is 57.0 Å². The molecule has 1 fully saturated rings. The maximum absolute atomic E-state index is 10.7. The van der Waals surface area contributed by atoms with E-state index in [1.807, 2.05) is 58.9 Å². The summed E-state index contributed by atoms with van der Waals surface area (Å²) in [6.07, 6.45) is 2.85. The maximum Gasteiger partial charge on any atom is 0.165 e. The minimum absolute atomic E-state index is 0.00304. The third-order valence-electron chi connectivity index (χ3n) is 8.76. The SMILES string of the molecule is COc1cc(/C=C/c2cc(O)c3c(c2)OC(C)(C)[C@@H](O)C3)cc2c1O[C@]1(C)C[C@@H](O)[C@@H](O)C(C)(C)[C@H]1C2. The highest BCUT2D eigenvalue weighted by Crippen LogP contribution is 2.55. The van der Waals surface area contributed by atoms with Crippen LogP contribution in [0.25, 0.3) is 12.2 Å². The molecule has 1 aliphatic carbocycles. The minimum atomic E-state index is -0.850. The molecule has 0 unspecified atom stereocenters. The molecule has 0 aromatic heterocycles. The number of phenolic OH excluding ortho intramolecular Hbond substituents is 1. The third kappa shape index (κ3) is 4.27. The number of aliphatic hydroxyl groups is 3. The number of fused-ring (bicyclic) bond motifs is 3. The van der Waals surface area contributed by atoms with E-state index in [0.29, 0.717) is 42.1 Å². The number of rotatable bonds is 3. The van der Waals surface area contributed by atoms with Gasteiger partial charge in [0.15, 0.2) is 11.5 Å². The summed E-state index contributed by atoms with van der Waals surface area (Å²) in [5.41, 5.74) is 1.39. The molecule has 7 nitrogen and oxygen atoms in total. The zero-order valence-electron chi connectivity index (χ0n) is 22.4. The molecule has 3 aliphatic rings. The topological polar surface area (TPSA) is 109 Å². The van der Waals surface area contributed by atoms with Gasteiger partial charge in [0, 0.05) is 29.7 Å². The second-order valence-corrected chi connectivity index (χ2v) is 12.2. The number of ether oxygens (including phenoxy) is 3. The largest absolute Gasteiger partial charge is 0.508 e. The fourth-order valence-electron chi connectivity index (χ4n) is 6.43. The lowest BCUT2D eigenvalue weighted by Crippen LogP contribution is -2.63. The van der Waals surface area contributed by atoms with E-state index in [1.165, 1.54) is 0 Å². The molecule has 0 saturated heterocycles. The van der Waals surface area contributed by atoms with Gasteiger partial charge >= 0.3 is 0 Å². The molecule has 5 atom stereocenters. The molecular formula is C30H38O7. The molecule has 0 bridgehead atoms. The molecule has 200 valence electrons. The monoisotopic (exact) mass is 510 g/mol. The van der Waals surface area contributed by atoms with E-state index < -0.39 is 34.9 Å². The van der Waals surface area contributed by atoms with E-state index in [4.69, 9.17) is 14.2 Å². The quantitative estimate of drug-likeness (QED) is 0.460. The molecule has 0 amide bonds. The van der Waals surface area contributed by atoms with Crippen molar-refractivity contribution in [2.75, 3.05) is 7.11 Å². The van der Waals surface area contributed by atoms with Crippen LogP contribution >= 0.6 is 0 Å². The molecule has 1 saturated carbocycles. The van der Waals surface area contributed by atoms with Gasteiger partial charge in [-0.15, -0.1) is 0 Å². The van der Waals surface area contributed by atoms with Crippen LogP contribution in [0.15, 0.2) is 24.3 Å². The Morgan fingerprint density at radius 1 is 0.919 bits per heavy atom. The number of aromatic hydroxyl groups is 1. The molecule has 2 aromatic carbocycles. The maximum atomic E-state index is 10.7. The lowest BCUT2D eigenvalue weighted by molar-refractivity contribution is -0.187. The smallest absolute Gasteiger partial charge is 0.165 e. The summed E-state index contributed by atoms with van der Waals surface area (Å²) in [5.74, 6) is 1.97. The molecule has 37 heavy (non-hydrogen) atoms. The number of phenols is 1. The number of hydrogen-bond donors (Lipinski definition) is 4. The van der Waals surface area contributed by atoms with Crippen molar-refractivity contribution in [1.29, 1.82) is 0 Å². The second-order valence-electron chi connectivity index (χ2n) is 12.2. The summed E-state index contributed by atoms with van der Waals surface area (Å²) < 4.78 is 18.2. The van der Waals surface area contributed by atoms with Crippen molar-refractivity contribution in [2.24, 2.45) is 11.3 Å². The molecule has 2 aliphatic heterocycles. The fourth-order valence-corrected chi connectivity index (χ4v) is 6.43. The molecule has 7 heteroatoms. The Morgan fingerprint density at radius 3 is 2.27 bits per heavy atom. The summed E-state index contributed by atoms with van der Waals surface area (Å²) in [7, 11) is 1.61. The van der Waals surface area contributed by atoms with Crippen molar-refractivity contribution in [3.8, 4) is 23.0 Å². The van der Waals surface area contributed by atoms with Crippen molar-refractivity contribution in [3.63, 3.8) is 0 Å². The number of aliphatic hydroxyl groups excluding tert-OH is 3. The van der Waals surface area contributed by atoms with Gasteiger partial charge in [-0.3, -0.25) is 0 Å². The van der Waals surface area contributed by atoms with Crippen molar-refractivity contribution in [3.05, 3.63) is 46.5 Å². The average Bonchev–Trinajstić information content (AvgIpc) is 2.81. The van der Waals surface area contributed by atoms with Crippen molar-refractivity contribution >= 4 is 12.2 Å².